The lowest BCUT2D eigenvalue weighted by atomic mass is 9.86. The van der Waals surface area contributed by atoms with Gasteiger partial charge in [-0.2, -0.15) is 0 Å². The Hall–Kier alpha value is -1.26. The molecule has 0 radical (unpaired) electrons. The maximum atomic E-state index is 12.2. The normalized spacial score (nSPS) is 23.0. The zero-order valence-electron chi connectivity index (χ0n) is 11.8. The highest BCUT2D eigenvalue weighted by Gasteiger charge is 2.42. The lowest BCUT2D eigenvalue weighted by Gasteiger charge is -2.25. The van der Waals surface area contributed by atoms with Gasteiger partial charge in [-0.3, -0.25) is 0 Å². The second-order valence-corrected chi connectivity index (χ2v) is 6.39. The van der Waals surface area contributed by atoms with Gasteiger partial charge in [0, 0.05) is 13.1 Å². The topological polar surface area (TPSA) is 69.6 Å². The average Bonchev–Trinajstić information content (AvgIpc) is 2.96. The summed E-state index contributed by atoms with van der Waals surface area (Å²) in [4.78, 5) is 25.1. The van der Waals surface area contributed by atoms with E-state index < -0.39 is 12.0 Å². The Morgan fingerprint density at radius 2 is 1.84 bits per heavy atom. The van der Waals surface area contributed by atoms with Gasteiger partial charge in [0.2, 0.25) is 0 Å². The molecule has 2 rings (SSSR count). The number of amides is 2. The van der Waals surface area contributed by atoms with Gasteiger partial charge in [-0.1, -0.05) is 26.7 Å². The molecule has 2 N–H and O–H groups in total. The zero-order valence-corrected chi connectivity index (χ0v) is 11.8. The average molecular weight is 268 g/mol. The van der Waals surface area contributed by atoms with Crippen molar-refractivity contribution in [1.29, 1.82) is 0 Å². The van der Waals surface area contributed by atoms with Crippen molar-refractivity contribution in [2.24, 2.45) is 11.3 Å². The number of hydrogen-bond donors (Lipinski definition) is 2. The minimum atomic E-state index is -0.960. The first-order valence-electron chi connectivity index (χ1n) is 7.22. The summed E-state index contributed by atoms with van der Waals surface area (Å²) in [7, 11) is 0. The van der Waals surface area contributed by atoms with Crippen molar-refractivity contribution in [3.8, 4) is 0 Å². The molecule has 0 aromatic rings. The first-order valence-corrected chi connectivity index (χ1v) is 7.22. The van der Waals surface area contributed by atoms with Gasteiger partial charge in [-0.25, -0.2) is 9.59 Å². The quantitative estimate of drug-likeness (QED) is 0.823. The van der Waals surface area contributed by atoms with E-state index in [0.717, 1.165) is 19.5 Å². The fraction of sp³-hybridized carbons (Fsp3) is 0.857. The Kier molecular flexibility index (Phi) is 4.02. The molecule has 0 aromatic heterocycles. The standard InChI is InChI=1S/C14H24N2O3/c1-10(2)11(12(17)18)15-13(19)16-8-7-14(9-16)5-3-4-6-14/h10-11H,3-9H2,1-2H3,(H,15,19)(H,17,18)/t11-/m0/s1. The first kappa shape index (κ1) is 14.2. The monoisotopic (exact) mass is 268 g/mol. The van der Waals surface area contributed by atoms with Gasteiger partial charge in [-0.15, -0.1) is 0 Å². The van der Waals surface area contributed by atoms with E-state index in [4.69, 9.17) is 5.11 Å². The molecule has 1 aliphatic carbocycles. The highest BCUT2D eigenvalue weighted by Crippen LogP contribution is 2.45. The van der Waals surface area contributed by atoms with E-state index in [1.165, 1.54) is 25.7 Å². The van der Waals surface area contributed by atoms with Crippen LogP contribution in [0.2, 0.25) is 0 Å². The van der Waals surface area contributed by atoms with Gasteiger partial charge < -0.3 is 15.3 Å². The second kappa shape index (κ2) is 5.39. The smallest absolute Gasteiger partial charge is 0.326 e. The van der Waals surface area contributed by atoms with Crippen molar-refractivity contribution < 1.29 is 14.7 Å². The van der Waals surface area contributed by atoms with Crippen LogP contribution < -0.4 is 5.32 Å². The van der Waals surface area contributed by atoms with E-state index in [-0.39, 0.29) is 11.9 Å². The summed E-state index contributed by atoms with van der Waals surface area (Å²) < 4.78 is 0. The van der Waals surface area contributed by atoms with E-state index in [9.17, 15) is 9.59 Å². The molecular formula is C14H24N2O3. The molecule has 108 valence electrons. The van der Waals surface area contributed by atoms with Crippen LogP contribution in [-0.2, 0) is 4.79 Å². The number of nitrogens with one attached hydrogen (secondary N) is 1. The van der Waals surface area contributed by atoms with Crippen LogP contribution >= 0.6 is 0 Å². The number of carbonyl (C=O) groups is 2. The van der Waals surface area contributed by atoms with E-state index in [2.05, 4.69) is 5.32 Å². The molecule has 1 atom stereocenters. The SMILES string of the molecule is CC(C)[C@H](NC(=O)N1CCC2(CCCC2)C1)C(=O)O. The third-order valence-electron chi connectivity index (χ3n) is 4.60. The summed E-state index contributed by atoms with van der Waals surface area (Å²) in [5.41, 5.74) is 0.327. The van der Waals surface area contributed by atoms with Crippen LogP contribution in [-0.4, -0.2) is 41.1 Å². The minimum absolute atomic E-state index is 0.107. The minimum Gasteiger partial charge on any atom is -0.480 e. The molecular weight excluding hydrogens is 244 g/mol. The zero-order chi connectivity index (χ0) is 14.0. The lowest BCUT2D eigenvalue weighted by molar-refractivity contribution is -0.140. The molecule has 2 amide bonds. The predicted molar refractivity (Wildman–Crippen MR) is 71.9 cm³/mol. The number of carbonyl (C=O) groups excluding carboxylic acids is 1. The van der Waals surface area contributed by atoms with Crippen LogP contribution in [0.15, 0.2) is 0 Å². The summed E-state index contributed by atoms with van der Waals surface area (Å²) in [5, 5.41) is 11.8. The van der Waals surface area contributed by atoms with Crippen molar-refractivity contribution in [2.45, 2.75) is 52.0 Å². The maximum Gasteiger partial charge on any atom is 0.326 e. The maximum absolute atomic E-state index is 12.2. The van der Waals surface area contributed by atoms with Gasteiger partial charge >= 0.3 is 12.0 Å². The molecule has 2 aliphatic rings. The van der Waals surface area contributed by atoms with Crippen molar-refractivity contribution in [2.75, 3.05) is 13.1 Å². The van der Waals surface area contributed by atoms with Crippen molar-refractivity contribution in [3.05, 3.63) is 0 Å². The number of carboxylic acids is 1. The van der Waals surface area contributed by atoms with Crippen molar-refractivity contribution in [3.63, 3.8) is 0 Å². The summed E-state index contributed by atoms with van der Waals surface area (Å²) in [5.74, 6) is -1.07. The molecule has 0 aromatic carbocycles. The Labute approximate surface area is 114 Å². The second-order valence-electron chi connectivity index (χ2n) is 6.39. The molecule has 1 saturated heterocycles. The van der Waals surface area contributed by atoms with Gasteiger partial charge in [0.1, 0.15) is 6.04 Å². The third kappa shape index (κ3) is 3.01. The molecule has 1 aliphatic heterocycles. The summed E-state index contributed by atoms with van der Waals surface area (Å²) in [6, 6.07) is -1.02. The van der Waals surface area contributed by atoms with Crippen LogP contribution in [0.1, 0.15) is 46.0 Å². The number of urea groups is 1. The predicted octanol–water partition coefficient (Wildman–Crippen LogP) is 2.07. The van der Waals surface area contributed by atoms with E-state index in [1.807, 2.05) is 13.8 Å². The van der Waals surface area contributed by atoms with E-state index in [1.54, 1.807) is 4.90 Å². The Balaban J connectivity index is 1.92. The molecule has 1 spiro atoms. The van der Waals surface area contributed by atoms with Crippen molar-refractivity contribution in [1.82, 2.24) is 10.2 Å². The number of hydrogen-bond acceptors (Lipinski definition) is 2. The number of carboxylic acid groups (broad SMARTS) is 1. The van der Waals surface area contributed by atoms with Crippen LogP contribution in [0, 0.1) is 11.3 Å². The summed E-state index contributed by atoms with van der Waals surface area (Å²) >= 11 is 0. The Morgan fingerprint density at radius 3 is 2.37 bits per heavy atom. The lowest BCUT2D eigenvalue weighted by Crippen LogP contribution is -2.49. The number of likely N-dealkylation sites (tertiary alicyclic amines) is 1. The van der Waals surface area contributed by atoms with E-state index >= 15 is 0 Å². The number of nitrogens with zero attached hydrogens (tertiary/aromatic N) is 1. The molecule has 0 bridgehead atoms. The first-order chi connectivity index (χ1) is 8.93. The highest BCUT2D eigenvalue weighted by atomic mass is 16.4. The molecule has 19 heavy (non-hydrogen) atoms. The molecule has 2 fully saturated rings. The van der Waals surface area contributed by atoms with Crippen LogP contribution in [0.4, 0.5) is 4.79 Å². The Morgan fingerprint density at radius 1 is 1.21 bits per heavy atom. The van der Waals surface area contributed by atoms with Crippen LogP contribution in [0.5, 0.6) is 0 Å². The van der Waals surface area contributed by atoms with Gasteiger partial charge in [0.15, 0.2) is 0 Å². The summed E-state index contributed by atoms with van der Waals surface area (Å²) in [6.07, 6.45) is 6.02. The van der Waals surface area contributed by atoms with Gasteiger partial charge in [-0.05, 0) is 30.6 Å². The van der Waals surface area contributed by atoms with E-state index in [0.29, 0.717) is 5.41 Å². The molecule has 5 nitrogen and oxygen atoms in total. The summed E-state index contributed by atoms with van der Waals surface area (Å²) in [6.45, 7) is 5.17. The highest BCUT2D eigenvalue weighted by molar-refractivity contribution is 5.82. The van der Waals surface area contributed by atoms with Crippen LogP contribution in [0.25, 0.3) is 0 Å². The van der Waals surface area contributed by atoms with Gasteiger partial charge in [0.25, 0.3) is 0 Å². The molecule has 1 heterocycles. The van der Waals surface area contributed by atoms with Gasteiger partial charge in [0.05, 0.1) is 0 Å². The fourth-order valence-electron chi connectivity index (χ4n) is 3.38. The number of rotatable bonds is 3. The third-order valence-corrected chi connectivity index (χ3v) is 4.60. The molecule has 1 saturated carbocycles. The van der Waals surface area contributed by atoms with Crippen molar-refractivity contribution >= 4 is 12.0 Å². The fourth-order valence-corrected chi connectivity index (χ4v) is 3.38. The molecule has 0 unspecified atom stereocenters. The molecule has 5 heteroatoms. The van der Waals surface area contributed by atoms with Crippen LogP contribution in [0.3, 0.4) is 0 Å². The number of aliphatic carboxylic acids is 1. The largest absolute Gasteiger partial charge is 0.480 e. The Bertz CT molecular complexity index is 362.